The predicted molar refractivity (Wildman–Crippen MR) is 122 cm³/mol. The van der Waals surface area contributed by atoms with E-state index in [1.165, 1.54) is 24.8 Å². The van der Waals surface area contributed by atoms with E-state index in [9.17, 15) is 8.42 Å². The van der Waals surface area contributed by atoms with Crippen molar-refractivity contribution in [2.75, 3.05) is 6.61 Å². The molecule has 0 unspecified atom stereocenters. The molecule has 0 spiro atoms. The number of unbranched alkanes of at least 4 members (excludes halogenated alkanes) is 4. The molecular weight excluding hydrogens is 396 g/mol. The zero-order valence-corrected chi connectivity index (χ0v) is 18.5. The van der Waals surface area contributed by atoms with Gasteiger partial charge in [0.15, 0.2) is 0 Å². The van der Waals surface area contributed by atoms with Gasteiger partial charge in [-0.3, -0.25) is 4.55 Å². The predicted octanol–water partition coefficient (Wildman–Crippen LogP) is 5.56. The highest BCUT2D eigenvalue weighted by Gasteiger charge is 2.01. The fourth-order valence-corrected chi connectivity index (χ4v) is 2.68. The molecule has 0 amide bonds. The summed E-state index contributed by atoms with van der Waals surface area (Å²) in [5.41, 5.74) is 2.99. The van der Waals surface area contributed by atoms with Gasteiger partial charge in [0.05, 0.1) is 6.61 Å². The van der Waals surface area contributed by atoms with E-state index in [0.29, 0.717) is 0 Å². The Balaban J connectivity index is 0.000000539. The smallest absolute Gasteiger partial charge is 0.264 e. The van der Waals surface area contributed by atoms with Gasteiger partial charge in [0, 0.05) is 24.0 Å². The molecule has 0 aromatic heterocycles. The van der Waals surface area contributed by atoms with E-state index in [2.05, 4.69) is 53.8 Å². The third-order valence-electron chi connectivity index (χ3n) is 3.93. The first-order valence-electron chi connectivity index (χ1n) is 10.1. The summed E-state index contributed by atoms with van der Waals surface area (Å²) in [6.07, 6.45) is 5.87. The lowest BCUT2D eigenvalue weighted by atomic mass is 10.1. The standard InChI is InChI=1S/C18H22O4S.C7H8/c1-2-3-4-5-6-7-12-17-13-8-9-14-18(17)15-10-11-16-22-23(19,20)21;1-7-5-3-2-4-6-7/h8-9,13-14H,2-6,11,16H2,1H3,(H,19,20,21);2-6H,1H3. The second kappa shape index (κ2) is 15.3. The van der Waals surface area contributed by atoms with Crippen LogP contribution in [0.1, 0.15) is 62.1 Å². The van der Waals surface area contributed by atoms with Gasteiger partial charge in [-0.1, -0.05) is 97.9 Å². The average molecular weight is 427 g/mol. The van der Waals surface area contributed by atoms with Gasteiger partial charge in [0.1, 0.15) is 0 Å². The topological polar surface area (TPSA) is 63.6 Å². The molecule has 0 saturated heterocycles. The summed E-state index contributed by atoms with van der Waals surface area (Å²) in [7, 11) is -4.39. The van der Waals surface area contributed by atoms with Crippen LogP contribution in [0.25, 0.3) is 0 Å². The quantitative estimate of drug-likeness (QED) is 0.357. The molecule has 0 heterocycles. The van der Waals surface area contributed by atoms with Gasteiger partial charge in [-0.25, -0.2) is 4.18 Å². The summed E-state index contributed by atoms with van der Waals surface area (Å²) in [6, 6.07) is 17.8. The SMILES string of the molecule is CCCCCCC#Cc1ccccc1C#CCCOS(=O)(=O)O.Cc1ccccc1. The van der Waals surface area contributed by atoms with Crippen molar-refractivity contribution >= 4 is 10.4 Å². The number of benzene rings is 2. The molecule has 0 bridgehead atoms. The van der Waals surface area contributed by atoms with Gasteiger partial charge in [0.2, 0.25) is 0 Å². The summed E-state index contributed by atoms with van der Waals surface area (Å²) in [6.45, 7) is 4.10. The maximum absolute atomic E-state index is 10.4. The zero-order valence-electron chi connectivity index (χ0n) is 17.7. The minimum absolute atomic E-state index is 0.170. The van der Waals surface area contributed by atoms with E-state index in [1.807, 2.05) is 42.5 Å². The van der Waals surface area contributed by atoms with Gasteiger partial charge in [-0.05, 0) is 25.5 Å². The number of hydrogen-bond donors (Lipinski definition) is 1. The Morgan fingerprint density at radius 1 is 0.833 bits per heavy atom. The van der Waals surface area contributed by atoms with Crippen molar-refractivity contribution in [1.82, 2.24) is 0 Å². The van der Waals surface area contributed by atoms with Crippen LogP contribution in [0.3, 0.4) is 0 Å². The second-order valence-electron chi connectivity index (χ2n) is 6.61. The minimum Gasteiger partial charge on any atom is -0.264 e. The molecule has 0 atom stereocenters. The summed E-state index contributed by atoms with van der Waals surface area (Å²) in [5, 5.41) is 0. The van der Waals surface area contributed by atoms with E-state index in [-0.39, 0.29) is 13.0 Å². The van der Waals surface area contributed by atoms with Crippen LogP contribution in [0.4, 0.5) is 0 Å². The minimum atomic E-state index is -4.39. The largest absolute Gasteiger partial charge is 0.397 e. The van der Waals surface area contributed by atoms with Crippen molar-refractivity contribution in [2.45, 2.75) is 52.4 Å². The zero-order chi connectivity index (χ0) is 22.1. The van der Waals surface area contributed by atoms with Crippen molar-refractivity contribution in [3.63, 3.8) is 0 Å². The molecule has 0 aliphatic rings. The van der Waals surface area contributed by atoms with Crippen molar-refractivity contribution in [2.24, 2.45) is 0 Å². The molecule has 2 aromatic rings. The van der Waals surface area contributed by atoms with Gasteiger partial charge >= 0.3 is 10.4 Å². The molecule has 2 rings (SSSR count). The van der Waals surface area contributed by atoms with Crippen LogP contribution in [-0.2, 0) is 14.6 Å². The molecule has 0 aliphatic heterocycles. The van der Waals surface area contributed by atoms with E-state index in [0.717, 1.165) is 24.0 Å². The molecular formula is C25H30O4S. The summed E-state index contributed by atoms with van der Waals surface area (Å²) in [4.78, 5) is 0. The molecule has 0 fully saturated rings. The molecule has 2 aromatic carbocycles. The first-order valence-corrected chi connectivity index (χ1v) is 11.5. The van der Waals surface area contributed by atoms with Gasteiger partial charge < -0.3 is 0 Å². The van der Waals surface area contributed by atoms with Crippen LogP contribution in [0, 0.1) is 30.6 Å². The Morgan fingerprint density at radius 2 is 1.40 bits per heavy atom. The monoisotopic (exact) mass is 426 g/mol. The maximum atomic E-state index is 10.4. The van der Waals surface area contributed by atoms with Crippen molar-refractivity contribution in [1.29, 1.82) is 0 Å². The lowest BCUT2D eigenvalue weighted by Gasteiger charge is -1.96. The van der Waals surface area contributed by atoms with E-state index < -0.39 is 10.4 Å². The van der Waals surface area contributed by atoms with Crippen molar-refractivity contribution in [3.8, 4) is 23.7 Å². The van der Waals surface area contributed by atoms with Crippen LogP contribution in [0.5, 0.6) is 0 Å². The number of hydrogen-bond acceptors (Lipinski definition) is 3. The highest BCUT2D eigenvalue weighted by atomic mass is 32.3. The highest BCUT2D eigenvalue weighted by molar-refractivity contribution is 7.80. The molecule has 0 radical (unpaired) electrons. The number of rotatable bonds is 7. The lowest BCUT2D eigenvalue weighted by Crippen LogP contribution is -2.04. The molecule has 5 heteroatoms. The Hall–Kier alpha value is -2.57. The lowest BCUT2D eigenvalue weighted by molar-refractivity contribution is 0.275. The highest BCUT2D eigenvalue weighted by Crippen LogP contribution is 2.07. The summed E-state index contributed by atoms with van der Waals surface area (Å²) >= 11 is 0. The normalized spacial score (nSPS) is 9.97. The van der Waals surface area contributed by atoms with Crippen molar-refractivity contribution < 1.29 is 17.2 Å². The fraction of sp³-hybridized carbons (Fsp3) is 0.360. The Labute approximate surface area is 181 Å². The molecule has 1 N–H and O–H groups in total. The first kappa shape index (κ1) is 25.5. The van der Waals surface area contributed by atoms with Crippen LogP contribution >= 0.6 is 0 Å². The summed E-state index contributed by atoms with van der Waals surface area (Å²) < 4.78 is 33.4. The maximum Gasteiger partial charge on any atom is 0.397 e. The van der Waals surface area contributed by atoms with Crippen molar-refractivity contribution in [3.05, 3.63) is 71.3 Å². The van der Waals surface area contributed by atoms with Gasteiger partial charge in [0.25, 0.3) is 0 Å². The molecule has 0 saturated carbocycles. The molecule has 0 aliphatic carbocycles. The average Bonchev–Trinajstić information content (AvgIpc) is 2.71. The van der Waals surface area contributed by atoms with Gasteiger partial charge in [-0.2, -0.15) is 8.42 Å². The van der Waals surface area contributed by atoms with Crippen LogP contribution in [0.2, 0.25) is 0 Å². The van der Waals surface area contributed by atoms with E-state index >= 15 is 0 Å². The molecule has 4 nitrogen and oxygen atoms in total. The van der Waals surface area contributed by atoms with Crippen LogP contribution in [-0.4, -0.2) is 19.6 Å². The molecule has 30 heavy (non-hydrogen) atoms. The Bertz CT molecular complexity index is 959. The molecule has 160 valence electrons. The summed E-state index contributed by atoms with van der Waals surface area (Å²) in [5.74, 6) is 12.1. The van der Waals surface area contributed by atoms with E-state index in [4.69, 9.17) is 4.55 Å². The van der Waals surface area contributed by atoms with Crippen LogP contribution < -0.4 is 0 Å². The van der Waals surface area contributed by atoms with E-state index in [1.54, 1.807) is 0 Å². The fourth-order valence-electron chi connectivity index (χ4n) is 2.39. The second-order valence-corrected chi connectivity index (χ2v) is 7.71. The van der Waals surface area contributed by atoms with Gasteiger partial charge in [-0.15, -0.1) is 0 Å². The third-order valence-corrected chi connectivity index (χ3v) is 4.39. The Morgan fingerprint density at radius 3 is 1.90 bits per heavy atom. The first-order chi connectivity index (χ1) is 14.4. The number of aryl methyl sites for hydroxylation is 1. The van der Waals surface area contributed by atoms with Crippen LogP contribution in [0.15, 0.2) is 54.6 Å². The third kappa shape index (κ3) is 13.6. The Kier molecular flexibility index (Phi) is 13.0.